The molecular formula is C19H14FN3O4S. The van der Waals surface area contributed by atoms with Crippen LogP contribution in [0.15, 0.2) is 69.7 Å². The van der Waals surface area contributed by atoms with E-state index in [0.29, 0.717) is 11.5 Å². The molecule has 0 unspecified atom stereocenters. The van der Waals surface area contributed by atoms with Crippen LogP contribution in [0.4, 0.5) is 4.39 Å². The topological polar surface area (TPSA) is 89.3 Å². The zero-order valence-electron chi connectivity index (χ0n) is 14.6. The molecule has 0 radical (unpaired) electrons. The number of thioether (sulfide) groups is 1. The molecule has 28 heavy (non-hydrogen) atoms. The summed E-state index contributed by atoms with van der Waals surface area (Å²) in [5.74, 6) is -0.271. The van der Waals surface area contributed by atoms with Crippen LogP contribution in [-0.2, 0) is 14.3 Å². The Morgan fingerprint density at radius 3 is 2.39 bits per heavy atom. The van der Waals surface area contributed by atoms with Gasteiger partial charge in [0.25, 0.3) is 5.91 Å². The fraction of sp³-hybridized carbons (Fsp3) is 0.0526. The van der Waals surface area contributed by atoms with Gasteiger partial charge in [-0.15, -0.1) is 5.10 Å². The summed E-state index contributed by atoms with van der Waals surface area (Å²) in [4.78, 5) is 23.1. The Kier molecular flexibility index (Phi) is 6.18. The molecule has 1 heterocycles. The van der Waals surface area contributed by atoms with Crippen LogP contribution in [0, 0.1) is 5.82 Å². The van der Waals surface area contributed by atoms with Gasteiger partial charge in [-0.25, -0.2) is 9.18 Å². The van der Waals surface area contributed by atoms with E-state index in [9.17, 15) is 14.0 Å². The number of amidine groups is 1. The summed E-state index contributed by atoms with van der Waals surface area (Å²) in [5, 5.41) is 10.6. The van der Waals surface area contributed by atoms with Crippen molar-refractivity contribution in [2.45, 2.75) is 0 Å². The zero-order chi connectivity index (χ0) is 19.9. The van der Waals surface area contributed by atoms with E-state index in [-0.39, 0.29) is 15.9 Å². The Morgan fingerprint density at radius 1 is 1.11 bits per heavy atom. The minimum Gasteiger partial charge on any atom is -0.466 e. The second-order valence-corrected chi connectivity index (χ2v) is 6.39. The molecule has 0 bridgehead atoms. The van der Waals surface area contributed by atoms with E-state index in [0.717, 1.165) is 23.4 Å². The van der Waals surface area contributed by atoms with E-state index in [1.54, 1.807) is 24.3 Å². The fourth-order valence-corrected chi connectivity index (χ4v) is 2.79. The Morgan fingerprint density at radius 2 is 1.75 bits per heavy atom. The summed E-state index contributed by atoms with van der Waals surface area (Å²) in [6.45, 7) is 0. The van der Waals surface area contributed by atoms with E-state index >= 15 is 0 Å². The first-order valence-electron chi connectivity index (χ1n) is 7.97. The van der Waals surface area contributed by atoms with Gasteiger partial charge in [0.1, 0.15) is 17.3 Å². The quantitative estimate of drug-likeness (QED) is 0.361. The molecule has 1 saturated heterocycles. The number of carbonyl (C=O) groups excluding carboxylic acids is 2. The average Bonchev–Trinajstić information content (AvgIpc) is 3.04. The van der Waals surface area contributed by atoms with E-state index in [2.05, 4.69) is 20.3 Å². The summed E-state index contributed by atoms with van der Waals surface area (Å²) in [7, 11) is 1.23. The van der Waals surface area contributed by atoms with Crippen molar-refractivity contribution >= 4 is 35.0 Å². The van der Waals surface area contributed by atoms with E-state index in [1.165, 1.54) is 37.6 Å². The van der Waals surface area contributed by atoms with Crippen molar-refractivity contribution in [3.8, 4) is 11.5 Å². The van der Waals surface area contributed by atoms with Crippen molar-refractivity contribution < 1.29 is 23.5 Å². The van der Waals surface area contributed by atoms with Crippen LogP contribution in [0.3, 0.4) is 0 Å². The first-order valence-corrected chi connectivity index (χ1v) is 8.78. The monoisotopic (exact) mass is 399 g/mol. The van der Waals surface area contributed by atoms with E-state index < -0.39 is 11.9 Å². The SMILES string of the molecule is COC(=O)/C=C1/S/C(=N\N=Cc2ccc(Oc3ccc(F)cc3)cc2)NC1=O. The second kappa shape index (κ2) is 8.96. The molecule has 0 aromatic heterocycles. The van der Waals surface area contributed by atoms with Gasteiger partial charge in [0.05, 0.1) is 18.2 Å². The zero-order valence-corrected chi connectivity index (χ0v) is 15.4. The summed E-state index contributed by atoms with van der Waals surface area (Å²) in [6.07, 6.45) is 2.59. The molecule has 1 N–H and O–H groups in total. The third kappa shape index (κ3) is 5.27. The van der Waals surface area contributed by atoms with Gasteiger partial charge in [-0.05, 0) is 65.9 Å². The Hall–Kier alpha value is -3.46. The lowest BCUT2D eigenvalue weighted by molar-refractivity contribution is -0.135. The van der Waals surface area contributed by atoms with Crippen LogP contribution in [0.25, 0.3) is 0 Å². The van der Waals surface area contributed by atoms with Crippen LogP contribution in [0.1, 0.15) is 5.56 Å². The normalized spacial score (nSPS) is 16.6. The molecule has 1 fully saturated rings. The van der Waals surface area contributed by atoms with Gasteiger partial charge in [0.15, 0.2) is 5.17 Å². The van der Waals surface area contributed by atoms with Gasteiger partial charge in [-0.3, -0.25) is 10.1 Å². The maximum absolute atomic E-state index is 12.9. The van der Waals surface area contributed by atoms with Gasteiger partial charge >= 0.3 is 5.97 Å². The van der Waals surface area contributed by atoms with E-state index in [1.807, 2.05) is 0 Å². The highest BCUT2D eigenvalue weighted by Gasteiger charge is 2.24. The number of rotatable bonds is 5. The van der Waals surface area contributed by atoms with Crippen molar-refractivity contribution in [3.63, 3.8) is 0 Å². The number of esters is 1. The fourth-order valence-electron chi connectivity index (χ4n) is 2.05. The van der Waals surface area contributed by atoms with Crippen LogP contribution in [-0.4, -0.2) is 30.4 Å². The molecule has 9 heteroatoms. The molecule has 1 aliphatic rings. The molecule has 7 nitrogen and oxygen atoms in total. The first-order chi connectivity index (χ1) is 13.5. The number of hydrogen-bond donors (Lipinski definition) is 1. The highest BCUT2D eigenvalue weighted by Crippen LogP contribution is 2.24. The smallest absolute Gasteiger partial charge is 0.331 e. The van der Waals surface area contributed by atoms with Crippen LogP contribution in [0.2, 0.25) is 0 Å². The molecule has 2 aromatic carbocycles. The summed E-state index contributed by atoms with van der Waals surface area (Å²) >= 11 is 0.991. The van der Waals surface area contributed by atoms with Crippen molar-refractivity contribution in [3.05, 3.63) is 70.9 Å². The minimum absolute atomic E-state index is 0.183. The number of halogens is 1. The largest absolute Gasteiger partial charge is 0.466 e. The van der Waals surface area contributed by atoms with Gasteiger partial charge in [0.2, 0.25) is 0 Å². The molecule has 0 atom stereocenters. The molecule has 1 amide bonds. The molecule has 2 aromatic rings. The number of nitrogens with one attached hydrogen (secondary N) is 1. The van der Waals surface area contributed by atoms with Crippen LogP contribution in [0.5, 0.6) is 11.5 Å². The van der Waals surface area contributed by atoms with Gasteiger partial charge in [-0.2, -0.15) is 5.10 Å². The Labute approximate surface area is 163 Å². The van der Waals surface area contributed by atoms with Gasteiger partial charge < -0.3 is 9.47 Å². The summed E-state index contributed by atoms with van der Waals surface area (Å²) in [6, 6.07) is 12.7. The number of ether oxygens (including phenoxy) is 2. The third-order valence-electron chi connectivity index (χ3n) is 3.39. The van der Waals surface area contributed by atoms with Crippen LogP contribution < -0.4 is 10.1 Å². The lowest BCUT2D eigenvalue weighted by Gasteiger charge is -2.05. The summed E-state index contributed by atoms with van der Waals surface area (Å²) < 4.78 is 23.0. The molecule has 3 rings (SSSR count). The lowest BCUT2D eigenvalue weighted by atomic mass is 10.2. The molecule has 0 aliphatic carbocycles. The highest BCUT2D eigenvalue weighted by atomic mass is 32.2. The van der Waals surface area contributed by atoms with E-state index in [4.69, 9.17) is 4.74 Å². The van der Waals surface area contributed by atoms with Gasteiger partial charge in [-0.1, -0.05) is 0 Å². The number of benzene rings is 2. The maximum atomic E-state index is 12.9. The third-order valence-corrected chi connectivity index (χ3v) is 4.29. The number of methoxy groups -OCH3 is 1. The molecule has 142 valence electrons. The summed E-state index contributed by atoms with van der Waals surface area (Å²) in [5.41, 5.74) is 0.760. The maximum Gasteiger partial charge on any atom is 0.331 e. The second-order valence-electron chi connectivity index (χ2n) is 5.36. The van der Waals surface area contributed by atoms with Crippen LogP contribution >= 0.6 is 11.8 Å². The standard InChI is InChI=1S/C19H14FN3O4S/c1-26-17(24)10-16-18(25)22-19(28-16)23-21-11-12-2-6-14(7-3-12)27-15-8-4-13(20)5-9-15/h2-11H,1H3,(H,22,23,25)/b16-10+,21-11?. The predicted octanol–water partition coefficient (Wildman–Crippen LogP) is 3.23. The molecule has 0 spiro atoms. The van der Waals surface area contributed by atoms with Crippen molar-refractivity contribution in [1.82, 2.24) is 5.32 Å². The number of carbonyl (C=O) groups is 2. The minimum atomic E-state index is -0.620. The lowest BCUT2D eigenvalue weighted by Crippen LogP contribution is -2.19. The van der Waals surface area contributed by atoms with Crippen molar-refractivity contribution in [2.75, 3.05) is 7.11 Å². The molecule has 0 saturated carbocycles. The number of nitrogens with zero attached hydrogens (tertiary/aromatic N) is 2. The first kappa shape index (κ1) is 19.3. The van der Waals surface area contributed by atoms with Crippen molar-refractivity contribution in [1.29, 1.82) is 0 Å². The Bertz CT molecular complexity index is 970. The molecule has 1 aliphatic heterocycles. The predicted molar refractivity (Wildman–Crippen MR) is 104 cm³/mol. The number of hydrogen-bond acceptors (Lipinski definition) is 7. The van der Waals surface area contributed by atoms with Crippen molar-refractivity contribution in [2.24, 2.45) is 10.2 Å². The number of amides is 1. The Balaban J connectivity index is 1.59. The molecular weight excluding hydrogens is 385 g/mol. The van der Waals surface area contributed by atoms with Gasteiger partial charge in [0, 0.05) is 6.08 Å². The highest BCUT2D eigenvalue weighted by molar-refractivity contribution is 8.18. The average molecular weight is 399 g/mol.